The maximum Gasteiger partial charge on any atom is 0.306 e. The number of furan rings is 1. The van der Waals surface area contributed by atoms with Crippen LogP contribution in [0.5, 0.6) is 11.5 Å². The normalized spacial score (nSPS) is 11.9. The predicted molar refractivity (Wildman–Crippen MR) is 174 cm³/mol. The van der Waals surface area contributed by atoms with E-state index in [2.05, 4.69) is 0 Å². The lowest BCUT2D eigenvalue weighted by molar-refractivity contribution is 0.502. The molecule has 5 nitrogen and oxygen atoms in total. The highest BCUT2D eigenvalue weighted by molar-refractivity contribution is 7.75. The molecule has 1 heterocycles. The average Bonchev–Trinajstić information content (AvgIpc) is 3.43. The fourth-order valence-corrected chi connectivity index (χ4v) is 9.25. The van der Waals surface area contributed by atoms with Gasteiger partial charge in [-0.3, -0.25) is 9.13 Å². The van der Waals surface area contributed by atoms with E-state index in [9.17, 15) is 9.13 Å². The summed E-state index contributed by atoms with van der Waals surface area (Å²) in [4.78, 5) is 0. The molecule has 0 unspecified atom stereocenters. The molecular formula is C36H26O5P2. The molecule has 0 aliphatic rings. The first-order valence-electron chi connectivity index (χ1n) is 13.8. The Morgan fingerprint density at radius 2 is 0.698 bits per heavy atom. The van der Waals surface area contributed by atoms with Crippen LogP contribution in [0.2, 0.25) is 0 Å². The van der Waals surface area contributed by atoms with Gasteiger partial charge in [0.2, 0.25) is 0 Å². The Kier molecular flexibility index (Phi) is 6.99. The smallest absolute Gasteiger partial charge is 0.306 e. The monoisotopic (exact) mass is 600 g/mol. The summed E-state index contributed by atoms with van der Waals surface area (Å²) in [6.07, 6.45) is 0. The van der Waals surface area contributed by atoms with Crippen LogP contribution in [0.1, 0.15) is 0 Å². The first kappa shape index (κ1) is 27.0. The third kappa shape index (κ3) is 5.08. The van der Waals surface area contributed by atoms with Gasteiger partial charge in [0.15, 0.2) is 0 Å². The second-order valence-electron chi connectivity index (χ2n) is 10.0. The summed E-state index contributed by atoms with van der Waals surface area (Å²) in [5.41, 5.74) is 1.28. The van der Waals surface area contributed by atoms with Gasteiger partial charge in [0.05, 0.1) is 21.2 Å². The maximum atomic E-state index is 14.5. The Labute approximate surface area is 249 Å². The van der Waals surface area contributed by atoms with Crippen LogP contribution in [0.25, 0.3) is 21.9 Å². The number of hydrogen-bond acceptors (Lipinski definition) is 5. The summed E-state index contributed by atoms with van der Waals surface area (Å²) in [7, 11) is -6.93. The molecule has 0 atom stereocenters. The Balaban J connectivity index is 1.30. The lowest BCUT2D eigenvalue weighted by atomic mass is 10.1. The van der Waals surface area contributed by atoms with E-state index in [1.807, 2.05) is 146 Å². The predicted octanol–water partition coefficient (Wildman–Crippen LogP) is 8.20. The van der Waals surface area contributed by atoms with Crippen molar-refractivity contribution in [3.8, 4) is 11.5 Å². The molecule has 1 aromatic heterocycles. The zero-order valence-electron chi connectivity index (χ0n) is 22.9. The van der Waals surface area contributed by atoms with Crippen LogP contribution in [-0.4, -0.2) is 0 Å². The summed E-state index contributed by atoms with van der Waals surface area (Å²) < 4.78 is 47.9. The number of rotatable bonds is 8. The van der Waals surface area contributed by atoms with Crippen molar-refractivity contribution < 1.29 is 22.6 Å². The highest BCUT2D eigenvalue weighted by Gasteiger charge is 2.31. The Morgan fingerprint density at radius 3 is 1.00 bits per heavy atom. The SMILES string of the molecule is O=P(Oc1ccc2oc3ccc(OP(=O)(c4ccccc4)c4ccccc4)cc3c2c1)(c1ccccc1)c1ccccc1. The summed E-state index contributed by atoms with van der Waals surface area (Å²) in [5, 5.41) is 3.94. The second-order valence-corrected chi connectivity index (χ2v) is 14.7. The summed E-state index contributed by atoms with van der Waals surface area (Å²) in [5.74, 6) is 0.883. The van der Waals surface area contributed by atoms with Crippen LogP contribution < -0.4 is 30.3 Å². The average molecular weight is 601 g/mol. The molecule has 43 heavy (non-hydrogen) atoms. The lowest BCUT2D eigenvalue weighted by Gasteiger charge is -2.20. The van der Waals surface area contributed by atoms with Gasteiger partial charge in [-0.05, 0) is 84.9 Å². The highest BCUT2D eigenvalue weighted by Crippen LogP contribution is 2.48. The maximum absolute atomic E-state index is 14.5. The molecule has 7 rings (SSSR count). The van der Waals surface area contributed by atoms with Crippen molar-refractivity contribution in [2.45, 2.75) is 0 Å². The van der Waals surface area contributed by atoms with Crippen molar-refractivity contribution in [2.24, 2.45) is 0 Å². The van der Waals surface area contributed by atoms with Gasteiger partial charge in [-0.15, -0.1) is 0 Å². The highest BCUT2D eigenvalue weighted by atomic mass is 31.2. The molecule has 0 spiro atoms. The van der Waals surface area contributed by atoms with Crippen molar-refractivity contribution in [1.29, 1.82) is 0 Å². The molecule has 0 saturated carbocycles. The van der Waals surface area contributed by atoms with Gasteiger partial charge >= 0.3 is 14.7 Å². The zero-order valence-corrected chi connectivity index (χ0v) is 24.7. The quantitative estimate of drug-likeness (QED) is 0.165. The molecule has 210 valence electrons. The van der Waals surface area contributed by atoms with Crippen molar-refractivity contribution in [1.82, 2.24) is 0 Å². The van der Waals surface area contributed by atoms with E-state index in [-0.39, 0.29) is 0 Å². The van der Waals surface area contributed by atoms with Crippen LogP contribution >= 0.6 is 14.7 Å². The minimum atomic E-state index is -3.46. The Hall–Kier alpha value is -4.82. The van der Waals surface area contributed by atoms with Crippen LogP contribution in [0, 0.1) is 0 Å². The zero-order chi connectivity index (χ0) is 29.3. The van der Waals surface area contributed by atoms with Crippen LogP contribution in [0.4, 0.5) is 0 Å². The van der Waals surface area contributed by atoms with E-state index in [0.29, 0.717) is 43.9 Å². The molecule has 0 N–H and O–H groups in total. The molecule has 6 aromatic carbocycles. The Morgan fingerprint density at radius 1 is 0.395 bits per heavy atom. The minimum absolute atomic E-state index is 0.441. The topological polar surface area (TPSA) is 65.7 Å². The van der Waals surface area contributed by atoms with Gasteiger partial charge in [-0.1, -0.05) is 72.8 Å². The van der Waals surface area contributed by atoms with E-state index < -0.39 is 14.7 Å². The molecule has 0 aliphatic carbocycles. The van der Waals surface area contributed by atoms with Crippen molar-refractivity contribution in [3.63, 3.8) is 0 Å². The molecule has 0 bridgehead atoms. The lowest BCUT2D eigenvalue weighted by Crippen LogP contribution is -2.20. The number of fused-ring (bicyclic) bond motifs is 3. The first-order chi connectivity index (χ1) is 21.0. The van der Waals surface area contributed by atoms with Crippen LogP contribution in [0.3, 0.4) is 0 Å². The number of hydrogen-bond donors (Lipinski definition) is 0. The van der Waals surface area contributed by atoms with Crippen LogP contribution in [-0.2, 0) is 9.13 Å². The molecular weight excluding hydrogens is 574 g/mol. The van der Waals surface area contributed by atoms with E-state index >= 15 is 0 Å². The second kappa shape index (κ2) is 11.1. The molecule has 0 fully saturated rings. The third-order valence-electron chi connectivity index (χ3n) is 7.26. The van der Waals surface area contributed by atoms with E-state index in [4.69, 9.17) is 13.5 Å². The van der Waals surface area contributed by atoms with E-state index in [0.717, 1.165) is 10.8 Å². The molecule has 0 aliphatic heterocycles. The van der Waals surface area contributed by atoms with Gasteiger partial charge in [-0.2, -0.15) is 0 Å². The molecule has 0 amide bonds. The largest absolute Gasteiger partial charge is 0.456 e. The molecule has 7 heteroatoms. The summed E-state index contributed by atoms with van der Waals surface area (Å²) in [6.45, 7) is 0. The van der Waals surface area contributed by atoms with Gasteiger partial charge < -0.3 is 13.5 Å². The van der Waals surface area contributed by atoms with Crippen molar-refractivity contribution in [2.75, 3.05) is 0 Å². The minimum Gasteiger partial charge on any atom is -0.456 e. The third-order valence-corrected chi connectivity index (χ3v) is 12.1. The van der Waals surface area contributed by atoms with Gasteiger partial charge in [0.1, 0.15) is 22.7 Å². The number of benzene rings is 6. The first-order valence-corrected chi connectivity index (χ1v) is 17.1. The standard InChI is InChI=1S/C36H26O5P2/c37-42(29-13-5-1-6-14-29,30-15-7-2-8-16-30)40-27-21-23-35-33(25-27)34-26-28(22-24-36(34)39-35)41-43(38,31-17-9-3-10-18-31)32-19-11-4-12-20-32/h1-26H. The van der Waals surface area contributed by atoms with Gasteiger partial charge in [0.25, 0.3) is 0 Å². The van der Waals surface area contributed by atoms with Crippen molar-refractivity contribution in [3.05, 3.63) is 158 Å². The van der Waals surface area contributed by atoms with E-state index in [1.165, 1.54) is 0 Å². The van der Waals surface area contributed by atoms with E-state index in [1.54, 1.807) is 12.1 Å². The molecule has 0 saturated heterocycles. The fraction of sp³-hybridized carbons (Fsp3) is 0. The fourth-order valence-electron chi connectivity index (χ4n) is 5.15. The summed E-state index contributed by atoms with van der Waals surface area (Å²) in [6, 6.07) is 47.7. The molecule has 0 radical (unpaired) electrons. The van der Waals surface area contributed by atoms with Gasteiger partial charge in [0, 0.05) is 10.8 Å². The Bertz CT molecular complexity index is 1890. The summed E-state index contributed by atoms with van der Waals surface area (Å²) >= 11 is 0. The molecule has 7 aromatic rings. The van der Waals surface area contributed by atoms with Crippen LogP contribution in [0.15, 0.2) is 162 Å². The van der Waals surface area contributed by atoms with Gasteiger partial charge in [-0.25, -0.2) is 0 Å². The van der Waals surface area contributed by atoms with Crippen molar-refractivity contribution >= 4 is 57.9 Å².